The quantitative estimate of drug-likeness (QED) is 0.0774. The molecule has 0 spiro atoms. The average Bonchev–Trinajstić information content (AvgIpc) is 3.87. The zero-order valence-corrected chi connectivity index (χ0v) is 32.5. The average molecular weight is 737 g/mol. The van der Waals surface area contributed by atoms with E-state index >= 15 is 0 Å². The molecular formula is C39H64N2O11. The summed E-state index contributed by atoms with van der Waals surface area (Å²) in [4.78, 5) is 41.8. The molecule has 0 aromatic rings. The molecule has 6 unspecified atom stereocenters. The van der Waals surface area contributed by atoms with Crippen LogP contribution in [0.25, 0.3) is 0 Å². The molecule has 2 fully saturated rings. The van der Waals surface area contributed by atoms with Crippen LogP contribution in [0.1, 0.15) is 86.5 Å². The highest BCUT2D eigenvalue weighted by Gasteiger charge is 2.47. The molecule has 0 saturated carbocycles. The van der Waals surface area contributed by atoms with Crippen molar-refractivity contribution in [1.29, 1.82) is 0 Å². The van der Waals surface area contributed by atoms with Gasteiger partial charge in [-0.25, -0.2) is 4.79 Å². The molecule has 3 heterocycles. The Morgan fingerprint density at radius 3 is 2.52 bits per heavy atom. The summed E-state index contributed by atoms with van der Waals surface area (Å²) in [5.41, 5.74) is -1.43. The van der Waals surface area contributed by atoms with Crippen LogP contribution in [-0.4, -0.2) is 138 Å². The lowest BCUT2D eigenvalue weighted by Gasteiger charge is -2.38. The van der Waals surface area contributed by atoms with E-state index in [-0.39, 0.29) is 42.9 Å². The maximum Gasteiger partial charge on any atom is 0.410 e. The van der Waals surface area contributed by atoms with Gasteiger partial charge in [0.15, 0.2) is 6.10 Å². The molecule has 52 heavy (non-hydrogen) atoms. The highest BCUT2D eigenvalue weighted by atomic mass is 16.6. The van der Waals surface area contributed by atoms with Crippen molar-refractivity contribution in [3.05, 3.63) is 36.0 Å². The molecule has 3 rings (SSSR count). The summed E-state index contributed by atoms with van der Waals surface area (Å²) in [6.45, 7) is 14.1. The lowest BCUT2D eigenvalue weighted by molar-refractivity contribution is -0.151. The minimum absolute atomic E-state index is 0.0160. The van der Waals surface area contributed by atoms with Gasteiger partial charge in [-0.3, -0.25) is 14.5 Å². The predicted octanol–water partition coefficient (Wildman–Crippen LogP) is 3.93. The van der Waals surface area contributed by atoms with Gasteiger partial charge in [0.2, 0.25) is 0 Å². The Hall–Kier alpha value is -2.81. The number of hydrogen-bond acceptors (Lipinski definition) is 12. The number of aliphatic hydroxyl groups is 3. The summed E-state index contributed by atoms with van der Waals surface area (Å²) >= 11 is 0. The summed E-state index contributed by atoms with van der Waals surface area (Å²) < 4.78 is 28.4. The molecule has 0 bridgehead atoms. The van der Waals surface area contributed by atoms with E-state index in [0.29, 0.717) is 58.3 Å². The molecular weight excluding hydrogens is 672 g/mol. The molecule has 10 atom stereocenters. The Bertz CT molecular complexity index is 1260. The number of carbonyl (C=O) groups excluding carboxylic acids is 3. The number of ether oxygens (including phenoxy) is 5. The van der Waals surface area contributed by atoms with Gasteiger partial charge in [0, 0.05) is 58.0 Å². The van der Waals surface area contributed by atoms with E-state index in [2.05, 4.69) is 4.90 Å². The van der Waals surface area contributed by atoms with Crippen molar-refractivity contribution < 1.29 is 53.4 Å². The summed E-state index contributed by atoms with van der Waals surface area (Å²) in [7, 11) is 2.92. The molecule has 0 radical (unpaired) electrons. The van der Waals surface area contributed by atoms with Crippen LogP contribution in [0.3, 0.4) is 0 Å². The molecule has 296 valence electrons. The van der Waals surface area contributed by atoms with Crippen LogP contribution >= 0.6 is 0 Å². The fourth-order valence-electron chi connectivity index (χ4n) is 6.90. The van der Waals surface area contributed by atoms with Crippen LogP contribution in [0.15, 0.2) is 36.0 Å². The lowest BCUT2D eigenvalue weighted by atomic mass is 9.88. The van der Waals surface area contributed by atoms with E-state index < -0.39 is 47.7 Å². The lowest BCUT2D eigenvalue weighted by Crippen LogP contribution is -2.51. The monoisotopic (exact) mass is 736 g/mol. The highest BCUT2D eigenvalue weighted by molar-refractivity contribution is 5.70. The zero-order valence-electron chi connectivity index (χ0n) is 32.5. The molecule has 0 aromatic heterocycles. The van der Waals surface area contributed by atoms with E-state index in [4.69, 9.17) is 23.7 Å². The van der Waals surface area contributed by atoms with E-state index in [0.717, 1.165) is 12.1 Å². The molecule has 3 N–H and O–H groups in total. The second kappa shape index (κ2) is 20.0. The Labute approximate surface area is 309 Å². The van der Waals surface area contributed by atoms with Crippen LogP contribution in [0, 0.1) is 11.8 Å². The Morgan fingerprint density at radius 1 is 1.19 bits per heavy atom. The number of rotatable bonds is 14. The number of aliphatic hydroxyl groups excluding tert-OH is 2. The van der Waals surface area contributed by atoms with Crippen LogP contribution < -0.4 is 0 Å². The van der Waals surface area contributed by atoms with Crippen LogP contribution in [0.4, 0.5) is 4.79 Å². The first-order valence-corrected chi connectivity index (χ1v) is 18.8. The molecule has 0 aromatic carbocycles. The molecule has 3 aliphatic rings. The van der Waals surface area contributed by atoms with Gasteiger partial charge in [-0.1, -0.05) is 45.1 Å². The third-order valence-electron chi connectivity index (χ3n) is 10.8. The van der Waals surface area contributed by atoms with Gasteiger partial charge in [0.1, 0.15) is 11.7 Å². The summed E-state index contributed by atoms with van der Waals surface area (Å²) in [6, 6.07) is 0. The minimum Gasteiger partial charge on any atom is -0.469 e. The van der Waals surface area contributed by atoms with Crippen LogP contribution in [-0.2, 0) is 33.3 Å². The van der Waals surface area contributed by atoms with Crippen LogP contribution in [0.5, 0.6) is 0 Å². The second-order valence-corrected chi connectivity index (χ2v) is 15.2. The van der Waals surface area contributed by atoms with Gasteiger partial charge < -0.3 is 43.9 Å². The van der Waals surface area contributed by atoms with Gasteiger partial charge in [-0.05, 0) is 64.6 Å². The van der Waals surface area contributed by atoms with Gasteiger partial charge in [-0.2, -0.15) is 0 Å². The topological polar surface area (TPSA) is 168 Å². The standard InChI is InChI=1S/C39H64N2O11/c1-9-30(43)28(4)36-31(50-36)25-38(5,47)17-10-12-26(2)35-27(3)14-15-32(39(6,49-8)18-16-29(42)24-34(45)52-35)51-37(46)41-22-20-40(21-23-41)19-11-13-33(44)48-7/h10,12,14-15,17,27-32,35-36,42-43,47H,9,11,13,16,18-25H2,1-8H3/b15-14?,17-10+,26-12+/t27?,28-,29?,30+,31-,32?,35?,36-,38?,39?/m1/s1. The van der Waals surface area contributed by atoms with E-state index in [1.807, 2.05) is 40.7 Å². The fraction of sp³-hybridized carbons (Fsp3) is 0.769. The number of carbonyl (C=O) groups is 3. The molecule has 13 heteroatoms. The first kappa shape index (κ1) is 43.6. The number of hydrogen-bond donors (Lipinski definition) is 3. The van der Waals surface area contributed by atoms with Gasteiger partial charge in [0.05, 0.1) is 43.5 Å². The van der Waals surface area contributed by atoms with Crippen molar-refractivity contribution in [2.24, 2.45) is 11.8 Å². The summed E-state index contributed by atoms with van der Waals surface area (Å²) in [6.07, 6.45) is 7.60. The van der Waals surface area contributed by atoms with Gasteiger partial charge >= 0.3 is 18.0 Å². The Morgan fingerprint density at radius 2 is 1.88 bits per heavy atom. The number of esters is 2. The van der Waals surface area contributed by atoms with Crippen molar-refractivity contribution in [2.45, 2.75) is 134 Å². The zero-order chi connectivity index (χ0) is 38.6. The number of amides is 1. The number of piperazine rings is 1. The number of allylic oxidation sites excluding steroid dienone is 2. The maximum absolute atomic E-state index is 13.5. The van der Waals surface area contributed by atoms with Gasteiger partial charge in [0.25, 0.3) is 0 Å². The van der Waals surface area contributed by atoms with Crippen LogP contribution in [0.2, 0.25) is 0 Å². The molecule has 3 aliphatic heterocycles. The number of epoxide rings is 1. The maximum atomic E-state index is 13.5. The largest absolute Gasteiger partial charge is 0.469 e. The highest BCUT2D eigenvalue weighted by Crippen LogP contribution is 2.37. The van der Waals surface area contributed by atoms with Gasteiger partial charge in [-0.15, -0.1) is 0 Å². The predicted molar refractivity (Wildman–Crippen MR) is 195 cm³/mol. The molecule has 0 aliphatic carbocycles. The normalized spacial score (nSPS) is 31.9. The van der Waals surface area contributed by atoms with E-state index in [1.54, 1.807) is 43.2 Å². The van der Waals surface area contributed by atoms with Crippen molar-refractivity contribution >= 4 is 18.0 Å². The summed E-state index contributed by atoms with van der Waals surface area (Å²) in [5.74, 6) is -1.14. The molecule has 13 nitrogen and oxygen atoms in total. The van der Waals surface area contributed by atoms with Crippen molar-refractivity contribution in [3.63, 3.8) is 0 Å². The second-order valence-electron chi connectivity index (χ2n) is 15.2. The van der Waals surface area contributed by atoms with E-state index in [1.165, 1.54) is 7.11 Å². The van der Waals surface area contributed by atoms with E-state index in [9.17, 15) is 29.7 Å². The SMILES string of the molecule is CC[C@H](O)[C@@H](C)[C@H]1O[C@@H]1CC(C)(O)/C=C/C=C(\C)C1OC(=O)CC(O)CCC(C)(OC)C(OC(=O)N2CCN(CCCC(=O)OC)CC2)C=CC1C. The Kier molecular flexibility index (Phi) is 16.8. The minimum atomic E-state index is -1.16. The number of cyclic esters (lactones) is 1. The smallest absolute Gasteiger partial charge is 0.410 e. The third kappa shape index (κ3) is 13.2. The molecule has 2 saturated heterocycles. The fourth-order valence-corrected chi connectivity index (χ4v) is 6.90. The Balaban J connectivity index is 1.72. The summed E-state index contributed by atoms with van der Waals surface area (Å²) in [5, 5.41) is 32.0. The first-order valence-electron chi connectivity index (χ1n) is 18.8. The number of methoxy groups -OCH3 is 2. The number of nitrogens with zero attached hydrogens (tertiary/aromatic N) is 2. The van der Waals surface area contributed by atoms with Crippen molar-refractivity contribution in [3.8, 4) is 0 Å². The first-order chi connectivity index (χ1) is 24.5. The van der Waals surface area contributed by atoms with Crippen molar-refractivity contribution in [2.75, 3.05) is 46.9 Å². The van der Waals surface area contributed by atoms with Crippen molar-refractivity contribution in [1.82, 2.24) is 9.80 Å². The third-order valence-corrected chi connectivity index (χ3v) is 10.8. The molecule has 1 amide bonds.